The number of unbranched alkanes of at least 4 members (excludes halogenated alkanes) is 23. The first-order chi connectivity index (χ1) is 33.5. The number of carbonyl (C=O) groups is 3. The van der Waals surface area contributed by atoms with E-state index in [1.54, 1.807) is 0 Å². The van der Waals surface area contributed by atoms with Gasteiger partial charge in [-0.25, -0.2) is 0 Å². The first-order valence-corrected chi connectivity index (χ1v) is 28.2. The smallest absolute Gasteiger partial charge is 0.306 e. The molecule has 68 heavy (non-hydrogen) atoms. The monoisotopic (exact) mass is 945 g/mol. The second-order valence-corrected chi connectivity index (χ2v) is 18.5. The number of rotatable bonds is 50. The molecule has 0 aromatic heterocycles. The SMILES string of the molecule is CC/C=C\C/C=C\C/C=C\C/C=C\C/C=C\C/C=C\C/C=C\C/C=C\CCCCCCC(=O)OCC(COC(=O)CCCCCCCC)OC(=O)CCCCCCCCCCCCCCCCC. The Balaban J connectivity index is 4.20. The van der Waals surface area contributed by atoms with Gasteiger partial charge in [-0.1, -0.05) is 253 Å². The number of esters is 3. The lowest BCUT2D eigenvalue weighted by atomic mass is 10.0. The molecule has 388 valence electrons. The summed E-state index contributed by atoms with van der Waals surface area (Å²) in [5.41, 5.74) is 0. The molecule has 0 bridgehead atoms. The van der Waals surface area contributed by atoms with Gasteiger partial charge in [-0.05, 0) is 83.5 Å². The molecule has 0 N–H and O–H groups in total. The fraction of sp³-hybridized carbons (Fsp3) is 0.694. The molecule has 0 radical (unpaired) electrons. The lowest BCUT2D eigenvalue weighted by Gasteiger charge is -2.18. The van der Waals surface area contributed by atoms with Crippen molar-refractivity contribution in [2.24, 2.45) is 0 Å². The fourth-order valence-electron chi connectivity index (χ4n) is 7.63. The Morgan fingerprint density at radius 3 is 0.897 bits per heavy atom. The van der Waals surface area contributed by atoms with E-state index in [4.69, 9.17) is 14.2 Å². The first-order valence-electron chi connectivity index (χ1n) is 28.2. The molecular weight excluding hydrogens is 841 g/mol. The van der Waals surface area contributed by atoms with Crippen LogP contribution in [0, 0.1) is 0 Å². The molecule has 0 fully saturated rings. The van der Waals surface area contributed by atoms with Crippen LogP contribution in [0.2, 0.25) is 0 Å². The fourth-order valence-corrected chi connectivity index (χ4v) is 7.63. The number of allylic oxidation sites excluding steroid dienone is 16. The molecule has 0 aliphatic carbocycles. The average molecular weight is 946 g/mol. The van der Waals surface area contributed by atoms with Crippen molar-refractivity contribution in [2.75, 3.05) is 13.2 Å². The standard InChI is InChI=1S/C62H104O6/c1-4-7-10-13-16-18-20-22-24-25-26-27-28-29-30-31-32-33-34-35-36-37-39-40-42-44-46-49-52-55-61(64)67-58-59(57-66-60(63)54-51-48-15-12-9-6-3)68-62(65)56-53-50-47-45-43-41-38-23-21-19-17-14-11-8-5-2/h7,10,16,18,22,24,26-27,29-30,32-33,35-36,39-40,59H,4-6,8-9,11-15,17,19-21,23,25,28,31,34,37-38,41-58H2,1-3H3/b10-7-,18-16-,24-22-,27-26-,30-29-,33-32-,36-35-,40-39-. The van der Waals surface area contributed by atoms with Gasteiger partial charge in [0, 0.05) is 19.3 Å². The van der Waals surface area contributed by atoms with Gasteiger partial charge in [0.05, 0.1) is 0 Å². The van der Waals surface area contributed by atoms with Crippen LogP contribution in [0.5, 0.6) is 0 Å². The molecular formula is C62H104O6. The summed E-state index contributed by atoms with van der Waals surface area (Å²) < 4.78 is 16.7. The van der Waals surface area contributed by atoms with E-state index >= 15 is 0 Å². The highest BCUT2D eigenvalue weighted by atomic mass is 16.6. The second kappa shape index (κ2) is 55.9. The van der Waals surface area contributed by atoms with E-state index in [0.717, 1.165) is 122 Å². The minimum Gasteiger partial charge on any atom is -0.462 e. The van der Waals surface area contributed by atoms with Gasteiger partial charge in [-0.3, -0.25) is 14.4 Å². The van der Waals surface area contributed by atoms with E-state index in [1.807, 2.05) is 0 Å². The van der Waals surface area contributed by atoms with Gasteiger partial charge in [-0.2, -0.15) is 0 Å². The minimum atomic E-state index is -0.783. The maximum atomic E-state index is 12.8. The Morgan fingerprint density at radius 1 is 0.309 bits per heavy atom. The topological polar surface area (TPSA) is 78.9 Å². The largest absolute Gasteiger partial charge is 0.462 e. The zero-order valence-electron chi connectivity index (χ0n) is 44.3. The molecule has 1 unspecified atom stereocenters. The summed E-state index contributed by atoms with van der Waals surface area (Å²) in [6.07, 6.45) is 74.3. The maximum Gasteiger partial charge on any atom is 0.306 e. The highest BCUT2D eigenvalue weighted by Gasteiger charge is 2.19. The highest BCUT2D eigenvalue weighted by Crippen LogP contribution is 2.15. The molecule has 0 aliphatic rings. The molecule has 0 amide bonds. The third-order valence-corrected chi connectivity index (χ3v) is 11.9. The van der Waals surface area contributed by atoms with E-state index in [9.17, 15) is 14.4 Å². The van der Waals surface area contributed by atoms with Gasteiger partial charge in [0.1, 0.15) is 13.2 Å². The van der Waals surface area contributed by atoms with Crippen LogP contribution in [0.25, 0.3) is 0 Å². The lowest BCUT2D eigenvalue weighted by molar-refractivity contribution is -0.167. The van der Waals surface area contributed by atoms with E-state index < -0.39 is 6.10 Å². The molecule has 0 aromatic carbocycles. The van der Waals surface area contributed by atoms with E-state index in [1.165, 1.54) is 96.3 Å². The summed E-state index contributed by atoms with van der Waals surface area (Å²) >= 11 is 0. The number of carbonyl (C=O) groups excluding carboxylic acids is 3. The zero-order valence-corrected chi connectivity index (χ0v) is 44.3. The van der Waals surface area contributed by atoms with Crippen molar-refractivity contribution in [3.05, 3.63) is 97.2 Å². The predicted octanol–water partition coefficient (Wildman–Crippen LogP) is 18.9. The van der Waals surface area contributed by atoms with Crippen LogP contribution in [-0.2, 0) is 28.6 Å². The van der Waals surface area contributed by atoms with E-state index in [-0.39, 0.29) is 31.1 Å². The molecule has 0 aliphatic heterocycles. The summed E-state index contributed by atoms with van der Waals surface area (Å²) in [6, 6.07) is 0. The third kappa shape index (κ3) is 53.3. The van der Waals surface area contributed by atoms with Crippen LogP contribution in [0.1, 0.15) is 258 Å². The number of hydrogen-bond donors (Lipinski definition) is 0. The van der Waals surface area contributed by atoms with Crippen molar-refractivity contribution < 1.29 is 28.6 Å². The van der Waals surface area contributed by atoms with Crippen LogP contribution in [0.4, 0.5) is 0 Å². The summed E-state index contributed by atoms with van der Waals surface area (Å²) in [5, 5.41) is 0. The predicted molar refractivity (Wildman–Crippen MR) is 293 cm³/mol. The summed E-state index contributed by atoms with van der Waals surface area (Å²) in [4.78, 5) is 37.8. The van der Waals surface area contributed by atoms with Crippen molar-refractivity contribution in [3.63, 3.8) is 0 Å². The van der Waals surface area contributed by atoms with Crippen LogP contribution < -0.4 is 0 Å². The van der Waals surface area contributed by atoms with Crippen molar-refractivity contribution in [1.29, 1.82) is 0 Å². The Labute approximate surface area is 419 Å². The van der Waals surface area contributed by atoms with Gasteiger partial charge >= 0.3 is 17.9 Å². The van der Waals surface area contributed by atoms with Crippen LogP contribution in [0.15, 0.2) is 97.2 Å². The van der Waals surface area contributed by atoms with Gasteiger partial charge in [-0.15, -0.1) is 0 Å². The van der Waals surface area contributed by atoms with Gasteiger partial charge in [0.25, 0.3) is 0 Å². The van der Waals surface area contributed by atoms with Crippen LogP contribution in [-0.4, -0.2) is 37.2 Å². The molecule has 0 saturated heterocycles. The molecule has 0 rings (SSSR count). The Morgan fingerprint density at radius 2 is 0.574 bits per heavy atom. The van der Waals surface area contributed by atoms with Crippen molar-refractivity contribution in [2.45, 2.75) is 264 Å². The lowest BCUT2D eigenvalue weighted by Crippen LogP contribution is -2.30. The molecule has 0 aromatic rings. The summed E-state index contributed by atoms with van der Waals surface area (Å²) in [5.74, 6) is -0.917. The molecule has 6 nitrogen and oxygen atoms in total. The third-order valence-electron chi connectivity index (χ3n) is 11.9. The summed E-state index contributed by atoms with van der Waals surface area (Å²) in [6.45, 7) is 6.45. The van der Waals surface area contributed by atoms with Crippen LogP contribution >= 0.6 is 0 Å². The molecule has 6 heteroatoms. The van der Waals surface area contributed by atoms with E-state index in [0.29, 0.717) is 19.3 Å². The maximum absolute atomic E-state index is 12.8. The molecule has 0 heterocycles. The van der Waals surface area contributed by atoms with Crippen molar-refractivity contribution in [3.8, 4) is 0 Å². The number of ether oxygens (including phenoxy) is 3. The van der Waals surface area contributed by atoms with E-state index in [2.05, 4.69) is 118 Å². The average Bonchev–Trinajstić information content (AvgIpc) is 3.34. The van der Waals surface area contributed by atoms with Gasteiger partial charge in [0.2, 0.25) is 0 Å². The minimum absolute atomic E-state index is 0.0840. The Hall–Kier alpha value is -3.67. The molecule has 1 atom stereocenters. The number of hydrogen-bond acceptors (Lipinski definition) is 6. The van der Waals surface area contributed by atoms with Crippen molar-refractivity contribution >= 4 is 17.9 Å². The Bertz CT molecular complexity index is 1360. The Kier molecular flexibility index (Phi) is 52.9. The van der Waals surface area contributed by atoms with Gasteiger partial charge < -0.3 is 14.2 Å². The van der Waals surface area contributed by atoms with Gasteiger partial charge in [0.15, 0.2) is 6.10 Å². The first kappa shape index (κ1) is 64.3. The summed E-state index contributed by atoms with van der Waals surface area (Å²) in [7, 11) is 0. The van der Waals surface area contributed by atoms with Crippen LogP contribution in [0.3, 0.4) is 0 Å². The quantitative estimate of drug-likeness (QED) is 0.0262. The molecule has 0 spiro atoms. The normalized spacial score (nSPS) is 12.8. The van der Waals surface area contributed by atoms with Crippen molar-refractivity contribution in [1.82, 2.24) is 0 Å². The zero-order chi connectivity index (χ0) is 49.3. The highest BCUT2D eigenvalue weighted by molar-refractivity contribution is 5.71. The molecule has 0 saturated carbocycles. The second-order valence-electron chi connectivity index (χ2n) is 18.5.